The lowest BCUT2D eigenvalue weighted by Gasteiger charge is -2.15. The molecular weight excluding hydrogens is 290 g/mol. The molecule has 0 atom stereocenters. The summed E-state index contributed by atoms with van der Waals surface area (Å²) in [6.45, 7) is 2.59. The highest BCUT2D eigenvalue weighted by molar-refractivity contribution is 8.24. The van der Waals surface area contributed by atoms with E-state index < -0.39 is 0 Å². The van der Waals surface area contributed by atoms with Crippen molar-refractivity contribution in [1.82, 2.24) is 14.9 Å². The van der Waals surface area contributed by atoms with E-state index >= 15 is 0 Å². The predicted molar refractivity (Wildman–Crippen MR) is 88.6 cm³/mol. The maximum absolute atomic E-state index is 12.3. The van der Waals surface area contributed by atoms with Crippen LogP contribution in [0.2, 0.25) is 0 Å². The number of thiocarbonyl (C=S) groups is 1. The third-order valence-electron chi connectivity index (χ3n) is 2.98. The van der Waals surface area contributed by atoms with Gasteiger partial charge in [-0.05, 0) is 25.1 Å². The maximum atomic E-state index is 12.3. The van der Waals surface area contributed by atoms with Crippen LogP contribution in [-0.4, -0.2) is 39.1 Å². The fourth-order valence-corrected chi connectivity index (χ4v) is 2.63. The smallest absolute Gasteiger partial charge is 0.260 e. The van der Waals surface area contributed by atoms with Gasteiger partial charge < -0.3 is 9.88 Å². The number of aromatic nitrogens is 2. The SMILES string of the molecule is CCN(C)C(=O)/C(=C/c1c[nH]c2ncccc12)SC=S. The molecule has 0 radical (unpaired) electrons. The fraction of sp³-hybridized carbons (Fsp3) is 0.214. The molecule has 0 saturated carbocycles. The zero-order valence-corrected chi connectivity index (χ0v) is 12.9. The highest BCUT2D eigenvalue weighted by Crippen LogP contribution is 2.24. The summed E-state index contributed by atoms with van der Waals surface area (Å²) in [4.78, 5) is 21.9. The number of carbonyl (C=O) groups is 1. The number of thioether (sulfide) groups is 1. The van der Waals surface area contributed by atoms with Gasteiger partial charge in [-0.3, -0.25) is 4.79 Å². The standard InChI is InChI=1S/C14H15N3OS2/c1-3-17(2)14(18)12(20-9-19)7-10-8-16-13-11(10)5-4-6-15-13/h4-9H,3H2,1-2H3,(H,15,16)/b12-7-. The molecule has 0 aliphatic heterocycles. The Bertz CT molecular complexity index is 663. The van der Waals surface area contributed by atoms with E-state index in [1.807, 2.05) is 31.3 Å². The molecule has 1 N–H and O–H groups in total. The second kappa shape index (κ2) is 6.67. The Labute approximate surface area is 127 Å². The van der Waals surface area contributed by atoms with Crippen LogP contribution in [0.1, 0.15) is 12.5 Å². The van der Waals surface area contributed by atoms with Crippen molar-refractivity contribution in [2.45, 2.75) is 6.92 Å². The van der Waals surface area contributed by atoms with E-state index in [0.29, 0.717) is 11.4 Å². The van der Waals surface area contributed by atoms with Crippen LogP contribution in [0.25, 0.3) is 17.1 Å². The van der Waals surface area contributed by atoms with Gasteiger partial charge in [-0.15, -0.1) is 0 Å². The van der Waals surface area contributed by atoms with Gasteiger partial charge in [0.25, 0.3) is 5.91 Å². The minimum absolute atomic E-state index is 0.0307. The predicted octanol–water partition coefficient (Wildman–Crippen LogP) is 3.07. The molecule has 0 unspecified atom stereocenters. The highest BCUT2D eigenvalue weighted by Gasteiger charge is 2.14. The van der Waals surface area contributed by atoms with Crippen LogP contribution in [0.5, 0.6) is 0 Å². The average molecular weight is 305 g/mol. The van der Waals surface area contributed by atoms with E-state index in [9.17, 15) is 4.79 Å². The summed E-state index contributed by atoms with van der Waals surface area (Å²) in [6.07, 6.45) is 5.43. The molecule has 0 fully saturated rings. The monoisotopic (exact) mass is 305 g/mol. The lowest BCUT2D eigenvalue weighted by molar-refractivity contribution is -0.124. The van der Waals surface area contributed by atoms with Gasteiger partial charge in [-0.1, -0.05) is 24.0 Å². The van der Waals surface area contributed by atoms with E-state index in [0.717, 1.165) is 16.6 Å². The lowest BCUT2D eigenvalue weighted by atomic mass is 10.2. The number of amides is 1. The second-order valence-electron chi connectivity index (χ2n) is 4.19. The first-order chi connectivity index (χ1) is 9.67. The summed E-state index contributed by atoms with van der Waals surface area (Å²) >= 11 is 6.13. The van der Waals surface area contributed by atoms with Crippen LogP contribution < -0.4 is 0 Å². The van der Waals surface area contributed by atoms with Crippen LogP contribution in [0, 0.1) is 0 Å². The van der Waals surface area contributed by atoms with Gasteiger partial charge in [0, 0.05) is 41.6 Å². The first kappa shape index (κ1) is 14.7. The van der Waals surface area contributed by atoms with Crippen molar-refractivity contribution in [2.75, 3.05) is 13.6 Å². The van der Waals surface area contributed by atoms with Crippen molar-refractivity contribution < 1.29 is 4.79 Å². The minimum Gasteiger partial charge on any atom is -0.346 e. The molecule has 2 aromatic rings. The van der Waals surface area contributed by atoms with Crippen LogP contribution in [0.15, 0.2) is 29.4 Å². The molecule has 0 spiro atoms. The Morgan fingerprint density at radius 2 is 2.40 bits per heavy atom. The summed E-state index contributed by atoms with van der Waals surface area (Å²) in [5, 5.41) is 0.988. The number of hydrogen-bond donors (Lipinski definition) is 1. The zero-order valence-electron chi connectivity index (χ0n) is 11.3. The summed E-state index contributed by atoms with van der Waals surface area (Å²) in [5.41, 5.74) is 1.74. The first-order valence-corrected chi connectivity index (χ1v) is 7.52. The highest BCUT2D eigenvalue weighted by atomic mass is 32.2. The number of nitrogens with one attached hydrogen (secondary N) is 1. The normalized spacial score (nSPS) is 11.6. The molecule has 2 heterocycles. The topological polar surface area (TPSA) is 49.0 Å². The van der Waals surface area contributed by atoms with Crippen molar-refractivity contribution in [3.63, 3.8) is 0 Å². The van der Waals surface area contributed by atoms with Crippen molar-refractivity contribution in [3.8, 4) is 0 Å². The van der Waals surface area contributed by atoms with Crippen molar-refractivity contribution >= 4 is 51.7 Å². The van der Waals surface area contributed by atoms with E-state index in [1.165, 1.54) is 16.5 Å². The molecule has 6 heteroatoms. The molecule has 2 rings (SSSR count). The van der Waals surface area contributed by atoms with Gasteiger partial charge in [-0.25, -0.2) is 4.98 Å². The fourth-order valence-electron chi connectivity index (χ4n) is 1.77. The number of aromatic amines is 1. The van der Waals surface area contributed by atoms with Crippen molar-refractivity contribution in [2.24, 2.45) is 0 Å². The molecule has 0 aromatic carbocycles. The van der Waals surface area contributed by atoms with Gasteiger partial charge in [0.1, 0.15) is 5.65 Å². The molecule has 0 aliphatic carbocycles. The molecule has 104 valence electrons. The van der Waals surface area contributed by atoms with E-state index in [4.69, 9.17) is 12.2 Å². The van der Waals surface area contributed by atoms with Gasteiger partial charge in [0.15, 0.2) is 0 Å². The molecular formula is C14H15N3OS2. The Kier molecular flexibility index (Phi) is 4.92. The van der Waals surface area contributed by atoms with E-state index in [-0.39, 0.29) is 5.91 Å². The quantitative estimate of drug-likeness (QED) is 0.681. The Morgan fingerprint density at radius 3 is 3.10 bits per heavy atom. The molecule has 20 heavy (non-hydrogen) atoms. The molecule has 2 aromatic heterocycles. The van der Waals surface area contributed by atoms with Crippen LogP contribution >= 0.6 is 24.0 Å². The third kappa shape index (κ3) is 3.08. The number of rotatable bonds is 5. The van der Waals surface area contributed by atoms with Crippen LogP contribution in [-0.2, 0) is 4.79 Å². The summed E-state index contributed by atoms with van der Waals surface area (Å²) in [5.74, 6) is -0.0307. The number of pyridine rings is 1. The number of H-pyrrole nitrogens is 1. The molecule has 0 aliphatic rings. The Morgan fingerprint density at radius 1 is 1.60 bits per heavy atom. The number of nitrogens with zero attached hydrogens (tertiary/aromatic N) is 2. The number of carbonyl (C=O) groups excluding carboxylic acids is 1. The third-order valence-corrected chi connectivity index (χ3v) is 3.91. The number of fused-ring (bicyclic) bond motifs is 1. The first-order valence-electron chi connectivity index (χ1n) is 6.17. The van der Waals surface area contributed by atoms with E-state index in [1.54, 1.807) is 18.1 Å². The summed E-state index contributed by atoms with van der Waals surface area (Å²) in [7, 11) is 1.77. The molecule has 0 bridgehead atoms. The van der Waals surface area contributed by atoms with Crippen LogP contribution in [0.4, 0.5) is 0 Å². The van der Waals surface area contributed by atoms with Crippen LogP contribution in [0.3, 0.4) is 0 Å². The lowest BCUT2D eigenvalue weighted by Crippen LogP contribution is -2.26. The van der Waals surface area contributed by atoms with Crippen molar-refractivity contribution in [3.05, 3.63) is 35.0 Å². The summed E-state index contributed by atoms with van der Waals surface area (Å²) < 4.78 is 1.50. The van der Waals surface area contributed by atoms with Crippen molar-refractivity contribution in [1.29, 1.82) is 0 Å². The molecule has 0 saturated heterocycles. The van der Waals surface area contributed by atoms with Gasteiger partial charge in [0.2, 0.25) is 0 Å². The Hall–Kier alpha value is -1.66. The van der Waals surface area contributed by atoms with Gasteiger partial charge in [-0.2, -0.15) is 0 Å². The summed E-state index contributed by atoms with van der Waals surface area (Å²) in [6, 6.07) is 3.85. The average Bonchev–Trinajstić information content (AvgIpc) is 2.88. The van der Waals surface area contributed by atoms with Gasteiger partial charge in [0.05, 0.1) is 4.91 Å². The molecule has 1 amide bonds. The second-order valence-corrected chi connectivity index (χ2v) is 5.63. The number of likely N-dealkylation sites (N-methyl/N-ethyl adjacent to an activating group) is 1. The van der Waals surface area contributed by atoms with Gasteiger partial charge >= 0.3 is 0 Å². The largest absolute Gasteiger partial charge is 0.346 e. The van der Waals surface area contributed by atoms with E-state index in [2.05, 4.69) is 9.97 Å². The minimum atomic E-state index is -0.0307. The maximum Gasteiger partial charge on any atom is 0.260 e. The number of hydrogen-bond acceptors (Lipinski definition) is 4. The Balaban J connectivity index is 2.42. The zero-order chi connectivity index (χ0) is 14.5. The molecule has 4 nitrogen and oxygen atoms in total.